The van der Waals surface area contributed by atoms with E-state index < -0.39 is 0 Å². The fraction of sp³-hybridized carbons (Fsp3) is 0.471. The number of nitrogens with zero attached hydrogens (tertiary/aromatic N) is 2. The van der Waals surface area contributed by atoms with E-state index in [1.165, 1.54) is 17.7 Å². The van der Waals surface area contributed by atoms with Gasteiger partial charge in [-0.3, -0.25) is 0 Å². The van der Waals surface area contributed by atoms with Crippen molar-refractivity contribution < 1.29 is 4.39 Å². The van der Waals surface area contributed by atoms with Crippen molar-refractivity contribution in [3.05, 3.63) is 47.0 Å². The van der Waals surface area contributed by atoms with Gasteiger partial charge < -0.3 is 5.32 Å². The molecule has 1 heterocycles. The van der Waals surface area contributed by atoms with E-state index in [1.54, 1.807) is 12.1 Å². The van der Waals surface area contributed by atoms with Gasteiger partial charge >= 0.3 is 0 Å². The number of aryl methyl sites for hydroxylation is 1. The Bertz CT molecular complexity index is 585. The molecule has 0 bridgehead atoms. The van der Waals surface area contributed by atoms with Crippen molar-refractivity contribution in [2.24, 2.45) is 0 Å². The van der Waals surface area contributed by atoms with Gasteiger partial charge in [0.05, 0.1) is 11.4 Å². The summed E-state index contributed by atoms with van der Waals surface area (Å²) in [6.45, 7) is 9.44. The van der Waals surface area contributed by atoms with Crippen LogP contribution in [0.15, 0.2) is 24.3 Å². The molecule has 1 N–H and O–H groups in total. The predicted octanol–water partition coefficient (Wildman–Crippen LogP) is 3.56. The van der Waals surface area contributed by atoms with Gasteiger partial charge in [0.1, 0.15) is 5.82 Å². The first-order chi connectivity index (χ1) is 9.99. The van der Waals surface area contributed by atoms with E-state index in [9.17, 15) is 4.39 Å². The van der Waals surface area contributed by atoms with Crippen LogP contribution in [-0.4, -0.2) is 22.4 Å². The molecule has 2 rings (SSSR count). The highest BCUT2D eigenvalue weighted by atomic mass is 19.1. The van der Waals surface area contributed by atoms with Gasteiger partial charge in [-0.25, -0.2) is 9.07 Å². The van der Waals surface area contributed by atoms with Crippen LogP contribution in [0.25, 0.3) is 5.69 Å². The van der Waals surface area contributed by atoms with Crippen LogP contribution in [0.1, 0.15) is 37.2 Å². The van der Waals surface area contributed by atoms with Crippen molar-refractivity contribution in [2.45, 2.75) is 46.6 Å². The average Bonchev–Trinajstić information content (AvgIpc) is 2.71. The van der Waals surface area contributed by atoms with Crippen LogP contribution in [0, 0.1) is 19.7 Å². The first-order valence-electron chi connectivity index (χ1n) is 7.53. The van der Waals surface area contributed by atoms with Gasteiger partial charge in [-0.2, -0.15) is 5.10 Å². The molecule has 3 nitrogen and oxygen atoms in total. The highest BCUT2D eigenvalue weighted by Gasteiger charge is 2.12. The Labute approximate surface area is 126 Å². The molecule has 1 aromatic heterocycles. The zero-order chi connectivity index (χ0) is 15.4. The van der Waals surface area contributed by atoms with E-state index in [1.807, 2.05) is 11.6 Å². The molecule has 114 valence electrons. The molecular formula is C17H24FN3. The van der Waals surface area contributed by atoms with Crippen LogP contribution in [0.3, 0.4) is 0 Å². The minimum Gasteiger partial charge on any atom is -0.315 e. The highest BCUT2D eigenvalue weighted by Crippen LogP contribution is 2.19. The summed E-state index contributed by atoms with van der Waals surface area (Å²) in [6.07, 6.45) is 2.10. The zero-order valence-corrected chi connectivity index (χ0v) is 13.3. The molecule has 0 amide bonds. The number of nitrogens with one attached hydrogen (secondary N) is 1. The fourth-order valence-electron chi connectivity index (χ4n) is 2.53. The minimum atomic E-state index is -0.222. The van der Waals surface area contributed by atoms with Crippen molar-refractivity contribution in [2.75, 3.05) is 6.54 Å². The normalized spacial score (nSPS) is 11.3. The first-order valence-corrected chi connectivity index (χ1v) is 7.53. The van der Waals surface area contributed by atoms with Crippen molar-refractivity contribution >= 4 is 0 Å². The number of aromatic nitrogens is 2. The molecule has 0 saturated heterocycles. The summed E-state index contributed by atoms with van der Waals surface area (Å²) in [6, 6.07) is 6.99. The molecule has 0 atom stereocenters. The summed E-state index contributed by atoms with van der Waals surface area (Å²) in [7, 11) is 0. The minimum absolute atomic E-state index is 0.222. The Balaban J connectivity index is 2.12. The van der Waals surface area contributed by atoms with Crippen LogP contribution in [-0.2, 0) is 6.42 Å². The van der Waals surface area contributed by atoms with Gasteiger partial charge in [-0.05, 0) is 63.1 Å². The standard InChI is InChI=1S/C17H24FN3/c1-12(2)19-11-5-6-17-13(3)20-21(14(17)4)16-9-7-15(18)8-10-16/h7-10,12,19H,5-6,11H2,1-4H3. The zero-order valence-electron chi connectivity index (χ0n) is 13.3. The second-order valence-electron chi connectivity index (χ2n) is 5.75. The second-order valence-corrected chi connectivity index (χ2v) is 5.75. The van der Waals surface area contributed by atoms with Crippen LogP contribution in [0.2, 0.25) is 0 Å². The lowest BCUT2D eigenvalue weighted by molar-refractivity contribution is 0.570. The lowest BCUT2D eigenvalue weighted by Crippen LogP contribution is -2.24. The summed E-state index contributed by atoms with van der Waals surface area (Å²) < 4.78 is 14.9. The Hall–Kier alpha value is -1.68. The molecule has 21 heavy (non-hydrogen) atoms. The third-order valence-electron chi connectivity index (χ3n) is 3.67. The monoisotopic (exact) mass is 289 g/mol. The molecule has 1 aromatic carbocycles. The molecule has 0 aliphatic heterocycles. The van der Waals surface area contributed by atoms with E-state index >= 15 is 0 Å². The molecule has 0 aliphatic rings. The highest BCUT2D eigenvalue weighted by molar-refractivity contribution is 5.37. The van der Waals surface area contributed by atoms with Gasteiger partial charge in [-0.15, -0.1) is 0 Å². The van der Waals surface area contributed by atoms with E-state index in [-0.39, 0.29) is 5.82 Å². The molecule has 0 fully saturated rings. The number of hydrogen-bond acceptors (Lipinski definition) is 2. The van der Waals surface area contributed by atoms with E-state index in [2.05, 4.69) is 31.2 Å². The molecule has 0 radical (unpaired) electrons. The van der Waals surface area contributed by atoms with Crippen molar-refractivity contribution in [3.63, 3.8) is 0 Å². The van der Waals surface area contributed by atoms with E-state index in [0.717, 1.165) is 36.5 Å². The lowest BCUT2D eigenvalue weighted by atomic mass is 10.1. The SMILES string of the molecule is Cc1nn(-c2ccc(F)cc2)c(C)c1CCCNC(C)C. The smallest absolute Gasteiger partial charge is 0.123 e. The Kier molecular flexibility index (Phi) is 5.12. The Morgan fingerprint density at radius 3 is 2.48 bits per heavy atom. The van der Waals surface area contributed by atoms with Crippen LogP contribution in [0.5, 0.6) is 0 Å². The molecule has 0 aliphatic carbocycles. The third-order valence-corrected chi connectivity index (χ3v) is 3.67. The number of halogens is 1. The molecule has 4 heteroatoms. The van der Waals surface area contributed by atoms with Crippen molar-refractivity contribution in [1.29, 1.82) is 0 Å². The summed E-state index contributed by atoms with van der Waals surface area (Å²) in [5.74, 6) is -0.222. The molecule has 0 unspecified atom stereocenters. The van der Waals surface area contributed by atoms with Gasteiger partial charge in [-0.1, -0.05) is 13.8 Å². The molecule has 2 aromatic rings. The van der Waals surface area contributed by atoms with Crippen LogP contribution < -0.4 is 5.32 Å². The largest absolute Gasteiger partial charge is 0.315 e. The fourth-order valence-corrected chi connectivity index (χ4v) is 2.53. The van der Waals surface area contributed by atoms with Gasteiger partial charge in [0.2, 0.25) is 0 Å². The topological polar surface area (TPSA) is 29.9 Å². The average molecular weight is 289 g/mol. The Morgan fingerprint density at radius 1 is 1.19 bits per heavy atom. The maximum atomic E-state index is 13.0. The van der Waals surface area contributed by atoms with Gasteiger partial charge in [0.15, 0.2) is 0 Å². The summed E-state index contributed by atoms with van der Waals surface area (Å²) >= 11 is 0. The van der Waals surface area contributed by atoms with Gasteiger partial charge in [0.25, 0.3) is 0 Å². The Morgan fingerprint density at radius 2 is 1.86 bits per heavy atom. The maximum Gasteiger partial charge on any atom is 0.123 e. The van der Waals surface area contributed by atoms with Crippen molar-refractivity contribution in [1.82, 2.24) is 15.1 Å². The summed E-state index contributed by atoms with van der Waals surface area (Å²) in [4.78, 5) is 0. The first kappa shape index (κ1) is 15.7. The maximum absolute atomic E-state index is 13.0. The predicted molar refractivity (Wildman–Crippen MR) is 84.5 cm³/mol. The number of benzene rings is 1. The molecule has 0 spiro atoms. The number of hydrogen-bond donors (Lipinski definition) is 1. The quantitative estimate of drug-likeness (QED) is 0.824. The van der Waals surface area contributed by atoms with E-state index in [0.29, 0.717) is 6.04 Å². The molecule has 0 saturated carbocycles. The van der Waals surface area contributed by atoms with Crippen LogP contribution in [0.4, 0.5) is 4.39 Å². The molecular weight excluding hydrogens is 265 g/mol. The third kappa shape index (κ3) is 3.91. The summed E-state index contributed by atoms with van der Waals surface area (Å²) in [5, 5.41) is 8.03. The second kappa shape index (κ2) is 6.85. The lowest BCUT2D eigenvalue weighted by Gasteiger charge is -2.08. The number of rotatable bonds is 6. The van der Waals surface area contributed by atoms with E-state index in [4.69, 9.17) is 0 Å². The van der Waals surface area contributed by atoms with Gasteiger partial charge in [0, 0.05) is 11.7 Å². The summed E-state index contributed by atoms with van der Waals surface area (Å²) in [5.41, 5.74) is 4.40. The van der Waals surface area contributed by atoms with Crippen molar-refractivity contribution in [3.8, 4) is 5.69 Å². The van der Waals surface area contributed by atoms with Crippen LogP contribution >= 0.6 is 0 Å².